The molecule has 3 nitrogen and oxygen atoms in total. The van der Waals surface area contributed by atoms with Crippen LogP contribution in [0.5, 0.6) is 11.6 Å². The molecule has 1 aromatic heterocycles. The minimum Gasteiger partial charge on any atom is -0.435 e. The van der Waals surface area contributed by atoms with Gasteiger partial charge >= 0.3 is 0 Å². The van der Waals surface area contributed by atoms with Crippen molar-refractivity contribution in [2.24, 2.45) is 0 Å². The zero-order valence-corrected chi connectivity index (χ0v) is 11.5. The van der Waals surface area contributed by atoms with E-state index in [9.17, 15) is 4.39 Å². The largest absolute Gasteiger partial charge is 0.435 e. The number of hydrogen-bond acceptors (Lipinski definition) is 3. The molecule has 0 radical (unpaired) electrons. The lowest BCUT2D eigenvalue weighted by Gasteiger charge is -2.09. The molecule has 0 aliphatic rings. The van der Waals surface area contributed by atoms with Gasteiger partial charge in [0.25, 0.3) is 0 Å². The van der Waals surface area contributed by atoms with Crippen molar-refractivity contribution in [3.63, 3.8) is 0 Å². The summed E-state index contributed by atoms with van der Waals surface area (Å²) in [7, 11) is 0. The van der Waals surface area contributed by atoms with Gasteiger partial charge in [-0.25, -0.2) is 9.37 Å². The van der Waals surface area contributed by atoms with Gasteiger partial charge in [-0.2, -0.15) is 4.98 Å². The molecule has 0 N–H and O–H groups in total. The standard InChI is InChI=1S/C14H7Cl2FN2O/c15-9-5-3-7-11(12(9)17)20-13-8-4-1-2-6-10(8)18-14(16)19-13/h1-7H. The van der Waals surface area contributed by atoms with Crippen LogP contribution in [-0.2, 0) is 0 Å². The summed E-state index contributed by atoms with van der Waals surface area (Å²) in [5.74, 6) is -0.479. The van der Waals surface area contributed by atoms with E-state index in [1.54, 1.807) is 24.3 Å². The van der Waals surface area contributed by atoms with E-state index in [1.165, 1.54) is 12.1 Å². The number of hydrogen-bond donors (Lipinski definition) is 0. The molecule has 0 bridgehead atoms. The van der Waals surface area contributed by atoms with Crippen molar-refractivity contribution in [3.8, 4) is 11.6 Å². The van der Waals surface area contributed by atoms with Crippen LogP contribution in [0.1, 0.15) is 0 Å². The van der Waals surface area contributed by atoms with Gasteiger partial charge in [0.05, 0.1) is 15.9 Å². The number of aromatic nitrogens is 2. The Bertz CT molecular complexity index is 795. The minimum atomic E-state index is -0.645. The Morgan fingerprint density at radius 2 is 1.75 bits per heavy atom. The highest BCUT2D eigenvalue weighted by Gasteiger charge is 2.13. The number of fused-ring (bicyclic) bond motifs is 1. The van der Waals surface area contributed by atoms with E-state index in [2.05, 4.69) is 9.97 Å². The molecule has 3 rings (SSSR count). The quantitative estimate of drug-likeness (QED) is 0.634. The monoisotopic (exact) mass is 308 g/mol. The van der Waals surface area contributed by atoms with Crippen LogP contribution >= 0.6 is 23.2 Å². The van der Waals surface area contributed by atoms with E-state index in [4.69, 9.17) is 27.9 Å². The lowest BCUT2D eigenvalue weighted by molar-refractivity contribution is 0.432. The highest BCUT2D eigenvalue weighted by Crippen LogP contribution is 2.31. The maximum absolute atomic E-state index is 13.9. The Labute approximate surface area is 123 Å². The Kier molecular flexibility index (Phi) is 3.42. The smallest absolute Gasteiger partial charge is 0.231 e. The lowest BCUT2D eigenvalue weighted by atomic mass is 10.2. The van der Waals surface area contributed by atoms with Crippen LogP contribution in [0.2, 0.25) is 10.3 Å². The molecule has 2 aromatic carbocycles. The number of nitrogens with zero attached hydrogens (tertiary/aromatic N) is 2. The maximum atomic E-state index is 13.9. The zero-order valence-electron chi connectivity index (χ0n) is 9.98. The Balaban J connectivity index is 2.13. The van der Waals surface area contributed by atoms with E-state index in [-0.39, 0.29) is 21.9 Å². The van der Waals surface area contributed by atoms with Gasteiger partial charge in [-0.15, -0.1) is 0 Å². The average Bonchev–Trinajstić information content (AvgIpc) is 2.43. The lowest BCUT2D eigenvalue weighted by Crippen LogP contribution is -1.95. The van der Waals surface area contributed by atoms with Crippen molar-refractivity contribution < 1.29 is 9.13 Å². The highest BCUT2D eigenvalue weighted by molar-refractivity contribution is 6.30. The van der Waals surface area contributed by atoms with Gasteiger partial charge in [0.2, 0.25) is 11.2 Å². The van der Waals surface area contributed by atoms with Gasteiger partial charge in [-0.05, 0) is 35.9 Å². The van der Waals surface area contributed by atoms with Crippen molar-refractivity contribution in [1.82, 2.24) is 9.97 Å². The van der Waals surface area contributed by atoms with Gasteiger partial charge < -0.3 is 4.74 Å². The van der Waals surface area contributed by atoms with E-state index in [0.29, 0.717) is 10.9 Å². The van der Waals surface area contributed by atoms with E-state index in [0.717, 1.165) is 0 Å². The molecule has 20 heavy (non-hydrogen) atoms. The van der Waals surface area contributed by atoms with Crippen LogP contribution in [0.4, 0.5) is 4.39 Å². The van der Waals surface area contributed by atoms with Crippen molar-refractivity contribution in [2.75, 3.05) is 0 Å². The van der Waals surface area contributed by atoms with Crippen LogP contribution in [0.15, 0.2) is 42.5 Å². The normalized spacial score (nSPS) is 10.8. The van der Waals surface area contributed by atoms with Gasteiger partial charge in [-0.1, -0.05) is 29.8 Å². The average molecular weight is 309 g/mol. The Morgan fingerprint density at radius 1 is 0.950 bits per heavy atom. The number of para-hydroxylation sites is 1. The molecule has 0 unspecified atom stereocenters. The first-order valence-corrected chi connectivity index (χ1v) is 6.45. The third-order valence-electron chi connectivity index (χ3n) is 2.66. The number of ether oxygens (including phenoxy) is 1. The van der Waals surface area contributed by atoms with Crippen LogP contribution in [0.3, 0.4) is 0 Å². The van der Waals surface area contributed by atoms with Crippen LogP contribution in [0, 0.1) is 5.82 Å². The summed E-state index contributed by atoms with van der Waals surface area (Å²) in [5.41, 5.74) is 0.616. The van der Waals surface area contributed by atoms with Gasteiger partial charge in [-0.3, -0.25) is 0 Å². The van der Waals surface area contributed by atoms with Crippen molar-refractivity contribution in [3.05, 3.63) is 58.6 Å². The van der Waals surface area contributed by atoms with Crippen molar-refractivity contribution in [1.29, 1.82) is 0 Å². The second-order valence-corrected chi connectivity index (χ2v) is 4.71. The van der Waals surface area contributed by atoms with Crippen LogP contribution in [0.25, 0.3) is 10.9 Å². The Hall–Kier alpha value is -1.91. The summed E-state index contributed by atoms with van der Waals surface area (Å²) in [5, 5.41) is 0.643. The van der Waals surface area contributed by atoms with Crippen molar-refractivity contribution >= 4 is 34.1 Å². The SMILES string of the molecule is Fc1c(Cl)cccc1Oc1nc(Cl)nc2ccccc12. The summed E-state index contributed by atoms with van der Waals surface area (Å²) in [6.07, 6.45) is 0. The minimum absolute atomic E-state index is 0.0163. The molecule has 6 heteroatoms. The molecule has 0 atom stereocenters. The second kappa shape index (κ2) is 5.23. The summed E-state index contributed by atoms with van der Waals surface area (Å²) < 4.78 is 19.3. The summed E-state index contributed by atoms with van der Waals surface area (Å²) in [6, 6.07) is 11.6. The van der Waals surface area contributed by atoms with Crippen LogP contribution < -0.4 is 4.74 Å². The predicted molar refractivity (Wildman–Crippen MR) is 76.0 cm³/mol. The topological polar surface area (TPSA) is 35.0 Å². The van der Waals surface area contributed by atoms with Crippen LogP contribution in [-0.4, -0.2) is 9.97 Å². The van der Waals surface area contributed by atoms with Gasteiger partial charge in [0, 0.05) is 0 Å². The first-order chi connectivity index (χ1) is 9.65. The number of benzene rings is 2. The molecule has 3 aromatic rings. The third kappa shape index (κ3) is 2.40. The molecule has 100 valence electrons. The van der Waals surface area contributed by atoms with Gasteiger partial charge in [0.1, 0.15) is 0 Å². The zero-order chi connectivity index (χ0) is 14.1. The summed E-state index contributed by atoms with van der Waals surface area (Å²) >= 11 is 11.6. The molecular weight excluding hydrogens is 302 g/mol. The number of halogens is 3. The fraction of sp³-hybridized carbons (Fsp3) is 0. The molecule has 0 saturated heterocycles. The first-order valence-electron chi connectivity index (χ1n) is 5.69. The Morgan fingerprint density at radius 3 is 2.60 bits per heavy atom. The second-order valence-electron chi connectivity index (χ2n) is 3.97. The summed E-state index contributed by atoms with van der Waals surface area (Å²) in [6.45, 7) is 0. The van der Waals surface area contributed by atoms with E-state index >= 15 is 0 Å². The molecule has 0 fully saturated rings. The molecule has 0 spiro atoms. The maximum Gasteiger partial charge on any atom is 0.231 e. The fourth-order valence-corrected chi connectivity index (χ4v) is 2.10. The molecule has 1 heterocycles. The van der Waals surface area contributed by atoms with E-state index < -0.39 is 5.82 Å². The first kappa shape index (κ1) is 13.1. The predicted octanol–water partition coefficient (Wildman–Crippen LogP) is 4.87. The van der Waals surface area contributed by atoms with Gasteiger partial charge in [0.15, 0.2) is 11.6 Å². The molecule has 0 aliphatic heterocycles. The van der Waals surface area contributed by atoms with Crippen molar-refractivity contribution in [2.45, 2.75) is 0 Å². The molecular formula is C14H7Cl2FN2O. The fourth-order valence-electron chi connectivity index (χ4n) is 1.77. The highest BCUT2D eigenvalue weighted by atomic mass is 35.5. The molecule has 0 aliphatic carbocycles. The third-order valence-corrected chi connectivity index (χ3v) is 3.12. The summed E-state index contributed by atoms with van der Waals surface area (Å²) in [4.78, 5) is 8.06. The van der Waals surface area contributed by atoms with E-state index in [1.807, 2.05) is 6.07 Å². The molecule has 0 saturated carbocycles. The molecule has 0 amide bonds. The number of rotatable bonds is 2.